The van der Waals surface area contributed by atoms with Crippen molar-refractivity contribution in [2.45, 2.75) is 13.8 Å². The first kappa shape index (κ1) is 16.4. The van der Waals surface area contributed by atoms with Gasteiger partial charge in [-0.05, 0) is 31.5 Å². The van der Waals surface area contributed by atoms with Gasteiger partial charge >= 0.3 is 0 Å². The summed E-state index contributed by atoms with van der Waals surface area (Å²) in [6.45, 7) is 7.99. The zero-order valence-electron chi connectivity index (χ0n) is 15.4. The molecule has 5 rings (SSSR count). The first-order valence-electron chi connectivity index (χ1n) is 9.19. The summed E-state index contributed by atoms with van der Waals surface area (Å²) in [4.78, 5) is 23.1. The zero-order chi connectivity index (χ0) is 18.4. The van der Waals surface area contributed by atoms with Gasteiger partial charge in [0.1, 0.15) is 30.1 Å². The Morgan fingerprint density at radius 1 is 1.04 bits per heavy atom. The molecule has 6 nitrogen and oxygen atoms in total. The van der Waals surface area contributed by atoms with Gasteiger partial charge in [-0.3, -0.25) is 4.90 Å². The van der Waals surface area contributed by atoms with Gasteiger partial charge in [0.2, 0.25) is 0 Å². The fourth-order valence-corrected chi connectivity index (χ4v) is 5.13. The molecule has 4 aromatic heterocycles. The zero-order valence-corrected chi connectivity index (χ0v) is 16.3. The number of nitrogens with one attached hydrogen (secondary N) is 1. The molecule has 1 fully saturated rings. The summed E-state index contributed by atoms with van der Waals surface area (Å²) < 4.78 is 1.15. The second-order valence-electron chi connectivity index (χ2n) is 6.96. The molecule has 136 valence electrons. The van der Waals surface area contributed by atoms with Crippen LogP contribution in [0.3, 0.4) is 0 Å². The molecule has 1 aliphatic rings. The number of aromatic amines is 1. The summed E-state index contributed by atoms with van der Waals surface area (Å²) >= 11 is 1.71. The number of fused-ring (bicyclic) bond motifs is 3. The molecule has 0 aliphatic carbocycles. The van der Waals surface area contributed by atoms with Crippen LogP contribution in [0.4, 0.5) is 11.6 Å². The van der Waals surface area contributed by atoms with Crippen LogP contribution in [0.2, 0.25) is 0 Å². The van der Waals surface area contributed by atoms with Crippen molar-refractivity contribution in [3.8, 4) is 0 Å². The smallest absolute Gasteiger partial charge is 0.274 e. The maximum Gasteiger partial charge on any atom is 0.274 e. The highest BCUT2D eigenvalue weighted by Gasteiger charge is 2.26. The minimum atomic E-state index is 0.939. The van der Waals surface area contributed by atoms with E-state index >= 15 is 0 Å². The standard InChI is InChI=1S/C20H20N6S/c1-13-11-14(2)24-20-16(13)17-18(27-20)19(23-12-22-17)26-9-7-25(8-10-26)15-5-3-4-6-21-15/h3-6,11-12H,7-10H2,1-2H3/p+1. The van der Waals surface area contributed by atoms with Crippen molar-refractivity contribution in [2.75, 3.05) is 36.0 Å². The van der Waals surface area contributed by atoms with E-state index in [0.29, 0.717) is 0 Å². The van der Waals surface area contributed by atoms with Gasteiger partial charge in [-0.25, -0.2) is 19.9 Å². The Kier molecular flexibility index (Phi) is 3.89. The van der Waals surface area contributed by atoms with Crippen LogP contribution in [0.1, 0.15) is 11.3 Å². The third-order valence-corrected chi connectivity index (χ3v) is 6.21. The van der Waals surface area contributed by atoms with Crippen LogP contribution in [-0.4, -0.2) is 41.1 Å². The molecule has 0 radical (unpaired) electrons. The van der Waals surface area contributed by atoms with Crippen molar-refractivity contribution in [2.24, 2.45) is 0 Å². The van der Waals surface area contributed by atoms with Gasteiger partial charge in [0, 0.05) is 17.1 Å². The lowest BCUT2D eigenvalue weighted by molar-refractivity contribution is -0.364. The lowest BCUT2D eigenvalue weighted by Crippen LogP contribution is -2.48. The van der Waals surface area contributed by atoms with E-state index in [1.165, 1.54) is 16.8 Å². The maximum atomic E-state index is 4.73. The number of piperazine rings is 1. The van der Waals surface area contributed by atoms with Gasteiger partial charge in [-0.1, -0.05) is 6.07 Å². The quantitative estimate of drug-likeness (QED) is 0.537. The second kappa shape index (κ2) is 6.42. The highest BCUT2D eigenvalue weighted by molar-refractivity contribution is 7.26. The summed E-state index contributed by atoms with van der Waals surface area (Å²) in [5, 5.41) is 1.17. The second-order valence-corrected chi connectivity index (χ2v) is 7.96. The monoisotopic (exact) mass is 377 g/mol. The average molecular weight is 377 g/mol. The molecular formula is C20H21N6S+. The van der Waals surface area contributed by atoms with Crippen molar-refractivity contribution >= 4 is 43.4 Å². The largest absolute Gasteiger partial charge is 0.347 e. The van der Waals surface area contributed by atoms with E-state index in [9.17, 15) is 0 Å². The lowest BCUT2D eigenvalue weighted by Gasteiger charge is -2.31. The molecule has 0 amide bonds. The van der Waals surface area contributed by atoms with E-state index in [1.54, 1.807) is 17.7 Å². The van der Waals surface area contributed by atoms with Gasteiger partial charge in [0.05, 0.1) is 29.5 Å². The summed E-state index contributed by atoms with van der Waals surface area (Å²) in [5.74, 6) is 2.21. The topological polar surface area (TPSA) is 59.3 Å². The fourth-order valence-electron chi connectivity index (χ4n) is 3.86. The predicted octanol–water partition coefficient (Wildman–Crippen LogP) is 3.00. The minimum Gasteiger partial charge on any atom is -0.347 e. The van der Waals surface area contributed by atoms with Gasteiger partial charge in [-0.15, -0.1) is 11.3 Å². The molecule has 7 heteroatoms. The number of aryl methyl sites for hydroxylation is 2. The van der Waals surface area contributed by atoms with Crippen LogP contribution in [0.5, 0.6) is 0 Å². The molecule has 4 aromatic rings. The van der Waals surface area contributed by atoms with E-state index in [4.69, 9.17) is 4.98 Å². The third-order valence-electron chi connectivity index (χ3n) is 5.14. The molecule has 0 saturated carbocycles. The third kappa shape index (κ3) is 2.78. The van der Waals surface area contributed by atoms with Crippen LogP contribution in [-0.2, 0) is 0 Å². The van der Waals surface area contributed by atoms with Crippen molar-refractivity contribution in [3.63, 3.8) is 0 Å². The first-order valence-corrected chi connectivity index (χ1v) is 10.0. The maximum absolute atomic E-state index is 4.73. The van der Waals surface area contributed by atoms with Gasteiger partial charge in [0.15, 0.2) is 0 Å². The van der Waals surface area contributed by atoms with Crippen molar-refractivity contribution in [1.82, 2.24) is 15.0 Å². The molecule has 0 unspecified atom stereocenters. The molecule has 0 bridgehead atoms. The Balaban J connectivity index is 1.50. The SMILES string of the molecule is Cc1cc(C)c2c(n1)sc1c(N3CCN(c4cccc[nH+]4)CC3)ncnc12. The molecule has 0 aromatic carbocycles. The number of nitrogens with zero attached hydrogens (tertiary/aromatic N) is 5. The lowest BCUT2D eigenvalue weighted by atomic mass is 10.1. The van der Waals surface area contributed by atoms with Crippen molar-refractivity contribution in [3.05, 3.63) is 48.0 Å². The number of rotatable bonds is 2. The predicted molar refractivity (Wildman–Crippen MR) is 110 cm³/mol. The molecule has 1 N–H and O–H groups in total. The highest BCUT2D eigenvalue weighted by atomic mass is 32.1. The van der Waals surface area contributed by atoms with Gasteiger partial charge in [0.25, 0.3) is 5.82 Å². The summed E-state index contributed by atoms with van der Waals surface area (Å²) in [5.41, 5.74) is 3.32. The Morgan fingerprint density at radius 2 is 1.85 bits per heavy atom. The van der Waals surface area contributed by atoms with Crippen molar-refractivity contribution < 1.29 is 4.98 Å². The van der Waals surface area contributed by atoms with E-state index in [0.717, 1.165) is 52.7 Å². The van der Waals surface area contributed by atoms with Crippen LogP contribution < -0.4 is 14.8 Å². The number of hydrogen-bond donors (Lipinski definition) is 0. The number of anilines is 2. The number of H-pyrrole nitrogens is 1. The molecule has 27 heavy (non-hydrogen) atoms. The Morgan fingerprint density at radius 3 is 2.63 bits per heavy atom. The Labute approximate surface area is 161 Å². The minimum absolute atomic E-state index is 0.939. The van der Waals surface area contributed by atoms with Gasteiger partial charge in [-0.2, -0.15) is 0 Å². The fraction of sp³-hybridized carbons (Fsp3) is 0.300. The average Bonchev–Trinajstić information content (AvgIpc) is 3.07. The number of aromatic nitrogens is 4. The molecule has 1 aliphatic heterocycles. The Bertz CT molecular complexity index is 1120. The van der Waals surface area contributed by atoms with E-state index in [1.807, 2.05) is 19.2 Å². The normalized spacial score (nSPS) is 15.0. The number of pyridine rings is 2. The molecule has 0 spiro atoms. The van der Waals surface area contributed by atoms with Crippen LogP contribution in [0.15, 0.2) is 36.8 Å². The Hall–Kier alpha value is -2.80. The van der Waals surface area contributed by atoms with Crippen LogP contribution in [0.25, 0.3) is 20.4 Å². The molecule has 5 heterocycles. The van der Waals surface area contributed by atoms with E-state index in [-0.39, 0.29) is 0 Å². The van der Waals surface area contributed by atoms with E-state index < -0.39 is 0 Å². The summed E-state index contributed by atoms with van der Waals surface area (Å²) in [7, 11) is 0. The highest BCUT2D eigenvalue weighted by Crippen LogP contribution is 2.38. The molecule has 0 atom stereocenters. The van der Waals surface area contributed by atoms with Gasteiger partial charge < -0.3 is 4.90 Å². The van der Waals surface area contributed by atoms with Crippen LogP contribution >= 0.6 is 11.3 Å². The molecular weight excluding hydrogens is 356 g/mol. The number of hydrogen-bond acceptors (Lipinski definition) is 6. The summed E-state index contributed by atoms with van der Waals surface area (Å²) in [6.07, 6.45) is 3.67. The van der Waals surface area contributed by atoms with E-state index in [2.05, 4.69) is 49.9 Å². The first-order chi connectivity index (χ1) is 13.2. The van der Waals surface area contributed by atoms with Crippen LogP contribution in [0, 0.1) is 13.8 Å². The number of thiophene rings is 1. The summed E-state index contributed by atoms with van der Waals surface area (Å²) in [6, 6.07) is 8.34. The van der Waals surface area contributed by atoms with Crippen molar-refractivity contribution in [1.29, 1.82) is 0 Å². The molecule has 1 saturated heterocycles.